The Kier molecular flexibility index (Phi) is 1.99. The van der Waals surface area contributed by atoms with Crippen molar-refractivity contribution in [2.45, 2.75) is 25.0 Å². The lowest BCUT2D eigenvalue weighted by atomic mass is 10.2. The van der Waals surface area contributed by atoms with E-state index >= 15 is 0 Å². The van der Waals surface area contributed by atoms with Crippen LogP contribution < -0.4 is 0 Å². The van der Waals surface area contributed by atoms with Gasteiger partial charge in [0.25, 0.3) is 0 Å². The Morgan fingerprint density at radius 3 is 2.11 bits per heavy atom. The van der Waals surface area contributed by atoms with E-state index in [9.17, 15) is 0 Å². The summed E-state index contributed by atoms with van der Waals surface area (Å²) >= 11 is 0. The van der Waals surface area contributed by atoms with Crippen LogP contribution in [0, 0.1) is 0 Å². The summed E-state index contributed by atoms with van der Waals surface area (Å²) in [5.41, 5.74) is 0. The van der Waals surface area contributed by atoms with Gasteiger partial charge in [-0.05, 0) is 12.8 Å². The number of nitrogens with zero attached hydrogens (tertiary/aromatic N) is 1. The van der Waals surface area contributed by atoms with Crippen LogP contribution in [0.3, 0.4) is 0 Å². The van der Waals surface area contributed by atoms with Crippen LogP contribution in [0.5, 0.6) is 0 Å². The van der Waals surface area contributed by atoms with Crippen molar-refractivity contribution in [1.82, 2.24) is 4.90 Å². The minimum atomic E-state index is -0.00407. The molecule has 0 aromatic rings. The van der Waals surface area contributed by atoms with Crippen molar-refractivity contribution in [3.05, 3.63) is 0 Å². The molecule has 1 saturated carbocycles. The number of β-amino-alcohol motifs (C(OH)–C–C–N with tert-alkyl or cyclic N) is 1. The fraction of sp³-hybridized carbons (Fsp3) is 1.00. The fourth-order valence-electron chi connectivity index (χ4n) is 1.23. The van der Waals surface area contributed by atoms with E-state index < -0.39 is 0 Å². The van der Waals surface area contributed by atoms with Gasteiger partial charge in [-0.25, -0.2) is 0 Å². The topological polar surface area (TPSA) is 23.5 Å². The molecular formula is C6H12ClNO. The number of likely N-dealkylation sites (tertiary alicyclic amines) is 1. The summed E-state index contributed by atoms with van der Waals surface area (Å²) in [6.07, 6.45) is 2.73. The van der Waals surface area contributed by atoms with Crippen LogP contribution in [0.15, 0.2) is 0 Å². The third-order valence-electron chi connectivity index (χ3n) is 1.95. The highest BCUT2D eigenvalue weighted by Crippen LogP contribution is 2.30. The molecule has 54 valence electrons. The van der Waals surface area contributed by atoms with E-state index in [-0.39, 0.29) is 18.5 Å². The van der Waals surface area contributed by atoms with E-state index in [0.29, 0.717) is 0 Å². The molecule has 0 aromatic heterocycles. The molecule has 1 aliphatic carbocycles. The summed E-state index contributed by atoms with van der Waals surface area (Å²) in [5.74, 6) is 0. The van der Waals surface area contributed by atoms with E-state index in [0.717, 1.165) is 19.1 Å². The van der Waals surface area contributed by atoms with Crippen LogP contribution in [0.25, 0.3) is 0 Å². The van der Waals surface area contributed by atoms with Gasteiger partial charge in [-0.3, -0.25) is 4.90 Å². The second-order valence-corrected chi connectivity index (χ2v) is 2.84. The zero-order chi connectivity index (χ0) is 5.56. The smallest absolute Gasteiger partial charge is 0.0794 e. The Morgan fingerprint density at radius 2 is 1.78 bits per heavy atom. The molecule has 2 aliphatic rings. The van der Waals surface area contributed by atoms with Crippen LogP contribution in [-0.2, 0) is 0 Å². The van der Waals surface area contributed by atoms with Crippen molar-refractivity contribution in [1.29, 1.82) is 0 Å². The molecule has 2 rings (SSSR count). The Balaban J connectivity index is 0.000000405. The minimum Gasteiger partial charge on any atom is -0.390 e. The van der Waals surface area contributed by atoms with E-state index in [1.54, 1.807) is 0 Å². The number of hydrogen-bond donors (Lipinski definition) is 1. The van der Waals surface area contributed by atoms with Crippen LogP contribution in [0.1, 0.15) is 12.8 Å². The Bertz CT molecular complexity index is 99.2. The highest BCUT2D eigenvalue weighted by Gasteiger charge is 2.36. The first-order chi connectivity index (χ1) is 3.86. The van der Waals surface area contributed by atoms with E-state index in [1.165, 1.54) is 12.8 Å². The molecule has 1 N–H and O–H groups in total. The van der Waals surface area contributed by atoms with Gasteiger partial charge < -0.3 is 5.11 Å². The average molecular weight is 150 g/mol. The minimum absolute atomic E-state index is 0. The van der Waals surface area contributed by atoms with E-state index in [4.69, 9.17) is 5.11 Å². The number of aliphatic hydroxyl groups is 1. The largest absolute Gasteiger partial charge is 0.390 e. The first-order valence-corrected chi connectivity index (χ1v) is 3.28. The SMILES string of the molecule is Cl.OC1CN(C2CC2)C1. The number of halogens is 1. The Labute approximate surface area is 61.3 Å². The van der Waals surface area contributed by atoms with Crippen molar-refractivity contribution in [2.75, 3.05) is 13.1 Å². The van der Waals surface area contributed by atoms with Gasteiger partial charge in [0.1, 0.15) is 0 Å². The first kappa shape index (κ1) is 7.32. The fourth-order valence-corrected chi connectivity index (χ4v) is 1.23. The molecule has 0 bridgehead atoms. The Hall–Kier alpha value is 0.210. The second kappa shape index (κ2) is 2.45. The highest BCUT2D eigenvalue weighted by atomic mass is 35.5. The van der Waals surface area contributed by atoms with Gasteiger partial charge in [-0.1, -0.05) is 0 Å². The molecule has 9 heavy (non-hydrogen) atoms. The van der Waals surface area contributed by atoms with Crippen molar-refractivity contribution < 1.29 is 5.11 Å². The summed E-state index contributed by atoms with van der Waals surface area (Å²) in [6.45, 7) is 1.87. The van der Waals surface area contributed by atoms with E-state index in [2.05, 4.69) is 4.90 Å². The van der Waals surface area contributed by atoms with Crippen LogP contribution in [0.4, 0.5) is 0 Å². The molecule has 2 nitrogen and oxygen atoms in total. The molecule has 3 heteroatoms. The molecule has 0 spiro atoms. The van der Waals surface area contributed by atoms with Crippen LogP contribution >= 0.6 is 12.4 Å². The summed E-state index contributed by atoms with van der Waals surface area (Å²) < 4.78 is 0. The maximum absolute atomic E-state index is 8.85. The average Bonchev–Trinajstić information content (AvgIpc) is 2.37. The van der Waals surface area contributed by atoms with Gasteiger partial charge in [0, 0.05) is 19.1 Å². The van der Waals surface area contributed by atoms with Crippen LogP contribution in [0.2, 0.25) is 0 Å². The highest BCUT2D eigenvalue weighted by molar-refractivity contribution is 5.85. The summed E-state index contributed by atoms with van der Waals surface area (Å²) in [4.78, 5) is 2.35. The molecule has 0 radical (unpaired) electrons. The van der Waals surface area contributed by atoms with E-state index in [1.807, 2.05) is 0 Å². The molecular weight excluding hydrogens is 138 g/mol. The molecule has 1 saturated heterocycles. The van der Waals surface area contributed by atoms with Crippen molar-refractivity contribution in [2.24, 2.45) is 0 Å². The molecule has 1 aliphatic heterocycles. The summed E-state index contributed by atoms with van der Waals surface area (Å²) in [7, 11) is 0. The maximum Gasteiger partial charge on any atom is 0.0794 e. The Morgan fingerprint density at radius 1 is 1.22 bits per heavy atom. The normalized spacial score (nSPS) is 29.0. The number of rotatable bonds is 1. The summed E-state index contributed by atoms with van der Waals surface area (Å²) in [6, 6.07) is 0.860. The van der Waals surface area contributed by atoms with Gasteiger partial charge in [-0.2, -0.15) is 0 Å². The van der Waals surface area contributed by atoms with Gasteiger partial charge in [0.05, 0.1) is 6.10 Å². The molecule has 2 fully saturated rings. The lowest BCUT2D eigenvalue weighted by molar-refractivity contribution is -0.00309. The summed E-state index contributed by atoms with van der Waals surface area (Å²) in [5, 5.41) is 8.85. The molecule has 0 unspecified atom stereocenters. The monoisotopic (exact) mass is 149 g/mol. The zero-order valence-electron chi connectivity index (χ0n) is 5.29. The van der Waals surface area contributed by atoms with Crippen LogP contribution in [-0.4, -0.2) is 35.2 Å². The van der Waals surface area contributed by atoms with Gasteiger partial charge in [-0.15, -0.1) is 12.4 Å². The van der Waals surface area contributed by atoms with Gasteiger partial charge in [0.2, 0.25) is 0 Å². The molecule has 0 atom stereocenters. The zero-order valence-corrected chi connectivity index (χ0v) is 6.10. The third kappa shape index (κ3) is 1.37. The van der Waals surface area contributed by atoms with Gasteiger partial charge in [0.15, 0.2) is 0 Å². The second-order valence-electron chi connectivity index (χ2n) is 2.84. The number of hydrogen-bond acceptors (Lipinski definition) is 2. The first-order valence-electron chi connectivity index (χ1n) is 3.28. The van der Waals surface area contributed by atoms with Crippen molar-refractivity contribution in [3.63, 3.8) is 0 Å². The lowest BCUT2D eigenvalue weighted by Gasteiger charge is -2.35. The predicted octanol–water partition coefficient (Wildman–Crippen LogP) is 0.247. The van der Waals surface area contributed by atoms with Crippen molar-refractivity contribution in [3.8, 4) is 0 Å². The molecule has 0 amide bonds. The standard InChI is InChI=1S/C6H11NO.ClH/c8-6-3-7(4-6)5-1-2-5;/h5-6,8H,1-4H2;1H. The lowest BCUT2D eigenvalue weighted by Crippen LogP contribution is -2.51. The maximum atomic E-state index is 8.85. The quantitative estimate of drug-likeness (QED) is 0.578. The van der Waals surface area contributed by atoms with Crippen molar-refractivity contribution >= 4 is 12.4 Å². The predicted molar refractivity (Wildman–Crippen MR) is 37.8 cm³/mol. The molecule has 1 heterocycles. The number of aliphatic hydroxyl groups excluding tert-OH is 1. The van der Waals surface area contributed by atoms with Gasteiger partial charge >= 0.3 is 0 Å². The molecule has 0 aromatic carbocycles. The third-order valence-corrected chi connectivity index (χ3v) is 1.95.